The SMILES string of the molecule is COc1cc2c(cc1OC)CN(CCc1ccc(NC(=O)c3cccc(/C=c4/[nH]c(=O)/c(=C\c5ccccc5)n(C)c4=O)c3)cc1)CC2.Cl. The number of benzene rings is 4. The van der Waals surface area contributed by atoms with Gasteiger partial charge in [-0.1, -0.05) is 54.6 Å². The van der Waals surface area contributed by atoms with Crippen LogP contribution in [0.2, 0.25) is 0 Å². The van der Waals surface area contributed by atoms with Gasteiger partial charge in [-0.3, -0.25) is 19.3 Å². The Kier molecular flexibility index (Phi) is 11.2. The molecule has 2 N–H and O–H groups in total. The number of anilines is 1. The highest BCUT2D eigenvalue weighted by Crippen LogP contribution is 2.33. The molecule has 6 rings (SSSR count). The number of carbonyl (C=O) groups excluding carboxylic acids is 1. The fourth-order valence-electron chi connectivity index (χ4n) is 5.96. The van der Waals surface area contributed by atoms with Gasteiger partial charge in [0.2, 0.25) is 0 Å². The minimum Gasteiger partial charge on any atom is -0.493 e. The average Bonchev–Trinajstić information content (AvgIpc) is 3.11. The van der Waals surface area contributed by atoms with Gasteiger partial charge in [0.15, 0.2) is 11.5 Å². The van der Waals surface area contributed by atoms with Crippen molar-refractivity contribution < 1.29 is 14.3 Å². The molecule has 0 saturated heterocycles. The van der Waals surface area contributed by atoms with Crippen molar-refractivity contribution in [2.75, 3.05) is 32.6 Å². The van der Waals surface area contributed by atoms with Crippen molar-refractivity contribution >= 4 is 36.2 Å². The number of nitrogens with zero attached hydrogens (tertiary/aromatic N) is 2. The summed E-state index contributed by atoms with van der Waals surface area (Å²) in [7, 11) is 4.89. The van der Waals surface area contributed by atoms with E-state index in [9.17, 15) is 14.4 Å². The fraction of sp³-hybridized carbons (Fsp3) is 0.205. The molecule has 0 spiro atoms. The van der Waals surface area contributed by atoms with E-state index in [1.807, 2.05) is 54.6 Å². The summed E-state index contributed by atoms with van der Waals surface area (Å²) >= 11 is 0. The molecule has 10 heteroatoms. The van der Waals surface area contributed by atoms with E-state index in [1.54, 1.807) is 57.7 Å². The van der Waals surface area contributed by atoms with E-state index in [4.69, 9.17) is 9.47 Å². The number of carbonyl (C=O) groups is 1. The number of aromatic nitrogens is 2. The number of fused-ring (bicyclic) bond motifs is 1. The van der Waals surface area contributed by atoms with Gasteiger partial charge in [0.1, 0.15) is 10.7 Å². The third kappa shape index (κ3) is 8.20. The summed E-state index contributed by atoms with van der Waals surface area (Å²) in [6.45, 7) is 2.77. The monoisotopic (exact) mass is 678 g/mol. The first-order chi connectivity index (χ1) is 23.3. The van der Waals surface area contributed by atoms with E-state index in [-0.39, 0.29) is 40.1 Å². The van der Waals surface area contributed by atoms with E-state index in [0.717, 1.165) is 49.5 Å². The number of amides is 1. The maximum absolute atomic E-state index is 13.1. The zero-order chi connectivity index (χ0) is 33.6. The molecule has 0 bridgehead atoms. The van der Waals surface area contributed by atoms with Gasteiger partial charge in [0.05, 0.1) is 14.2 Å². The molecular weight excluding hydrogens is 640 g/mol. The average molecular weight is 679 g/mol. The minimum absolute atomic E-state index is 0. The molecule has 0 radical (unpaired) electrons. The van der Waals surface area contributed by atoms with Gasteiger partial charge in [-0.2, -0.15) is 0 Å². The first kappa shape index (κ1) is 34.9. The molecule has 49 heavy (non-hydrogen) atoms. The highest BCUT2D eigenvalue weighted by molar-refractivity contribution is 6.04. The van der Waals surface area contributed by atoms with Gasteiger partial charge < -0.3 is 24.3 Å². The van der Waals surface area contributed by atoms with E-state index < -0.39 is 0 Å². The van der Waals surface area contributed by atoms with Crippen molar-refractivity contribution in [1.82, 2.24) is 14.5 Å². The molecule has 0 aliphatic carbocycles. The van der Waals surface area contributed by atoms with Crippen molar-refractivity contribution in [3.63, 3.8) is 0 Å². The van der Waals surface area contributed by atoms with Crippen LogP contribution in [-0.4, -0.2) is 47.7 Å². The zero-order valence-corrected chi connectivity index (χ0v) is 28.5. The van der Waals surface area contributed by atoms with Crippen molar-refractivity contribution in [1.29, 1.82) is 0 Å². The van der Waals surface area contributed by atoms with Crippen LogP contribution in [-0.2, 0) is 26.4 Å². The summed E-state index contributed by atoms with van der Waals surface area (Å²) in [6.07, 6.45) is 5.11. The van der Waals surface area contributed by atoms with Crippen LogP contribution in [0.1, 0.15) is 38.2 Å². The molecule has 5 aromatic rings. The lowest BCUT2D eigenvalue weighted by Crippen LogP contribution is -2.52. The second-order valence-electron chi connectivity index (χ2n) is 11.8. The molecule has 1 aromatic heterocycles. The van der Waals surface area contributed by atoms with Crippen LogP contribution in [0, 0.1) is 0 Å². The second-order valence-corrected chi connectivity index (χ2v) is 11.8. The summed E-state index contributed by atoms with van der Waals surface area (Å²) in [6, 6.07) is 28.3. The standard InChI is InChI=1S/C39H38N4O5.ClH/c1-42-34(22-27-8-5-4-6-9-27)38(45)41-33(39(42)46)21-28-10-7-11-30(20-28)37(44)40-32-14-12-26(13-15-32)16-18-43-19-17-29-23-35(47-2)36(48-3)24-31(29)25-43;/h4-15,20-24H,16-19,25H2,1-3H3,(H,40,44)(H,41,45);1H/b33-21+,34-22+;. The molecule has 1 amide bonds. The maximum atomic E-state index is 13.1. The number of rotatable bonds is 9. The topological polar surface area (TPSA) is 106 Å². The molecule has 2 heterocycles. The summed E-state index contributed by atoms with van der Waals surface area (Å²) in [5.41, 5.74) is 5.58. The van der Waals surface area contributed by atoms with Crippen LogP contribution < -0.4 is 36.6 Å². The molecule has 0 fully saturated rings. The Morgan fingerprint density at radius 1 is 0.857 bits per heavy atom. The van der Waals surface area contributed by atoms with E-state index in [2.05, 4.69) is 27.3 Å². The van der Waals surface area contributed by atoms with Crippen LogP contribution in [0.15, 0.2) is 101 Å². The number of nitrogens with one attached hydrogen (secondary N) is 2. The smallest absolute Gasteiger partial charge is 0.274 e. The molecule has 1 aliphatic rings. The Morgan fingerprint density at radius 2 is 1.55 bits per heavy atom. The molecule has 1 aliphatic heterocycles. The van der Waals surface area contributed by atoms with Crippen molar-refractivity contribution in [3.05, 3.63) is 156 Å². The third-order valence-electron chi connectivity index (χ3n) is 8.67. The Morgan fingerprint density at radius 3 is 2.27 bits per heavy atom. The molecule has 4 aromatic carbocycles. The largest absolute Gasteiger partial charge is 0.493 e. The lowest BCUT2D eigenvalue weighted by Gasteiger charge is -2.29. The predicted molar refractivity (Wildman–Crippen MR) is 195 cm³/mol. The summed E-state index contributed by atoms with van der Waals surface area (Å²) < 4.78 is 12.3. The number of hydrogen-bond acceptors (Lipinski definition) is 6. The summed E-state index contributed by atoms with van der Waals surface area (Å²) in [4.78, 5) is 44.3. The van der Waals surface area contributed by atoms with E-state index >= 15 is 0 Å². The van der Waals surface area contributed by atoms with E-state index in [0.29, 0.717) is 16.8 Å². The Labute approximate surface area is 290 Å². The van der Waals surface area contributed by atoms with Gasteiger partial charge >= 0.3 is 0 Å². The number of methoxy groups -OCH3 is 2. The summed E-state index contributed by atoms with van der Waals surface area (Å²) in [5.74, 6) is 1.25. The van der Waals surface area contributed by atoms with Crippen LogP contribution >= 0.6 is 12.4 Å². The molecule has 9 nitrogen and oxygen atoms in total. The molecule has 0 saturated carbocycles. The lowest BCUT2D eigenvalue weighted by molar-refractivity contribution is 0.102. The highest BCUT2D eigenvalue weighted by Gasteiger charge is 2.19. The van der Waals surface area contributed by atoms with Crippen molar-refractivity contribution in [2.45, 2.75) is 19.4 Å². The van der Waals surface area contributed by atoms with E-state index in [1.165, 1.54) is 21.3 Å². The van der Waals surface area contributed by atoms with Gasteiger partial charge in [-0.05, 0) is 89.2 Å². The normalized spacial score (nSPS) is 13.4. The van der Waals surface area contributed by atoms with Gasteiger partial charge in [-0.15, -0.1) is 12.4 Å². The van der Waals surface area contributed by atoms with Crippen LogP contribution in [0.5, 0.6) is 11.5 Å². The Bertz CT molecular complexity index is 2190. The Hall–Kier alpha value is -5.38. The van der Waals surface area contributed by atoms with Gasteiger partial charge in [0, 0.05) is 37.9 Å². The third-order valence-corrected chi connectivity index (χ3v) is 8.67. The quantitative estimate of drug-likeness (QED) is 0.244. The molecule has 0 atom stereocenters. The summed E-state index contributed by atoms with van der Waals surface area (Å²) in [5, 5.41) is 3.35. The number of ether oxygens (including phenoxy) is 2. The highest BCUT2D eigenvalue weighted by atomic mass is 35.5. The van der Waals surface area contributed by atoms with Crippen molar-refractivity contribution in [3.8, 4) is 11.5 Å². The lowest BCUT2D eigenvalue weighted by atomic mass is 9.98. The van der Waals surface area contributed by atoms with Crippen LogP contribution in [0.3, 0.4) is 0 Å². The number of aromatic amines is 1. The molecule has 252 valence electrons. The predicted octanol–water partition coefficient (Wildman–Crippen LogP) is 4.02. The molecular formula is C39H39ClN4O5. The fourth-order valence-corrected chi connectivity index (χ4v) is 5.96. The van der Waals surface area contributed by atoms with Gasteiger partial charge in [0.25, 0.3) is 17.0 Å². The first-order valence-electron chi connectivity index (χ1n) is 15.9. The number of halogens is 1. The molecule has 0 unspecified atom stereocenters. The van der Waals surface area contributed by atoms with Gasteiger partial charge in [-0.25, -0.2) is 0 Å². The number of H-pyrrole nitrogens is 1. The number of hydrogen-bond donors (Lipinski definition) is 2. The first-order valence-corrected chi connectivity index (χ1v) is 15.9. The van der Waals surface area contributed by atoms with Crippen LogP contribution in [0.25, 0.3) is 12.2 Å². The maximum Gasteiger partial charge on any atom is 0.274 e. The minimum atomic E-state index is -0.382. The second kappa shape index (κ2) is 15.7. The van der Waals surface area contributed by atoms with Crippen LogP contribution in [0.4, 0.5) is 5.69 Å². The Balaban J connectivity index is 0.00000468. The van der Waals surface area contributed by atoms with Crippen molar-refractivity contribution in [2.24, 2.45) is 7.05 Å². The zero-order valence-electron chi connectivity index (χ0n) is 27.7.